The fourth-order valence-corrected chi connectivity index (χ4v) is 2.16. The Hall–Kier alpha value is -2.54. The monoisotopic (exact) mass is 236 g/mol. The summed E-state index contributed by atoms with van der Waals surface area (Å²) in [4.78, 5) is 3.17. The lowest BCUT2D eigenvalue weighted by molar-refractivity contribution is 0.660. The lowest BCUT2D eigenvalue weighted by Gasteiger charge is -1.96. The van der Waals surface area contributed by atoms with Crippen LogP contribution in [0.2, 0.25) is 0 Å². The zero-order valence-corrected chi connectivity index (χ0v) is 10.0. The molecule has 0 aliphatic rings. The van der Waals surface area contributed by atoms with E-state index in [1.54, 1.807) is 0 Å². The van der Waals surface area contributed by atoms with Crippen molar-refractivity contribution in [2.24, 2.45) is 0 Å². The smallest absolute Gasteiger partial charge is 0.101 e. The first-order valence-corrected chi connectivity index (χ1v) is 5.86. The average Bonchev–Trinajstić information content (AvgIpc) is 3.03. The lowest BCUT2D eigenvalue weighted by atomic mass is 10.1. The van der Waals surface area contributed by atoms with E-state index < -0.39 is 0 Å². The highest BCUT2D eigenvalue weighted by atomic mass is 15.3. The van der Waals surface area contributed by atoms with Gasteiger partial charge in [-0.05, 0) is 13.0 Å². The van der Waals surface area contributed by atoms with Gasteiger partial charge in [0.25, 0.3) is 0 Å². The van der Waals surface area contributed by atoms with E-state index in [1.807, 2.05) is 41.5 Å². The minimum Gasteiger partial charge on any atom is -0.359 e. The molecule has 2 aromatic heterocycles. The third kappa shape index (κ3) is 1.49. The van der Waals surface area contributed by atoms with Gasteiger partial charge >= 0.3 is 0 Å². The Bertz CT molecular complexity index is 743. The van der Waals surface area contributed by atoms with E-state index in [-0.39, 0.29) is 0 Å². The number of rotatable bonds is 2. The summed E-state index contributed by atoms with van der Waals surface area (Å²) >= 11 is 0. The number of aromatic nitrogens is 3. The number of para-hydroxylation sites is 1. The van der Waals surface area contributed by atoms with Crippen LogP contribution in [-0.4, -0.2) is 14.8 Å². The Morgan fingerprint density at radius 3 is 3.06 bits per heavy atom. The van der Waals surface area contributed by atoms with Crippen molar-refractivity contribution in [2.75, 3.05) is 0 Å². The van der Waals surface area contributed by atoms with Gasteiger partial charge in [0, 0.05) is 35.5 Å². The molecule has 4 nitrogen and oxygen atoms in total. The average molecular weight is 236 g/mol. The van der Waals surface area contributed by atoms with Crippen LogP contribution >= 0.6 is 0 Å². The summed E-state index contributed by atoms with van der Waals surface area (Å²) in [7, 11) is 0. The van der Waals surface area contributed by atoms with Gasteiger partial charge in [0.2, 0.25) is 0 Å². The van der Waals surface area contributed by atoms with Gasteiger partial charge in [-0.3, -0.25) is 4.68 Å². The van der Waals surface area contributed by atoms with E-state index >= 15 is 0 Å². The van der Waals surface area contributed by atoms with Crippen molar-refractivity contribution in [3.8, 4) is 17.2 Å². The third-order valence-corrected chi connectivity index (χ3v) is 3.10. The Kier molecular flexibility index (Phi) is 2.38. The summed E-state index contributed by atoms with van der Waals surface area (Å²) in [6.07, 6.45) is 5.80. The highest BCUT2D eigenvalue weighted by molar-refractivity contribution is 5.97. The van der Waals surface area contributed by atoms with E-state index in [0.29, 0.717) is 5.56 Å². The fraction of sp³-hybridized carbons (Fsp3) is 0.143. The molecular formula is C14H12N4. The Morgan fingerprint density at radius 1 is 1.44 bits per heavy atom. The van der Waals surface area contributed by atoms with Gasteiger partial charge in [0.05, 0.1) is 17.3 Å². The summed E-state index contributed by atoms with van der Waals surface area (Å²) in [5, 5.41) is 14.4. The summed E-state index contributed by atoms with van der Waals surface area (Å²) < 4.78 is 1.89. The lowest BCUT2D eigenvalue weighted by Crippen LogP contribution is -1.91. The molecule has 0 fully saturated rings. The summed E-state index contributed by atoms with van der Waals surface area (Å²) in [5.74, 6) is 0. The second-order valence-corrected chi connectivity index (χ2v) is 4.13. The molecule has 1 N–H and O–H groups in total. The molecule has 0 aliphatic heterocycles. The number of nitrogens with zero attached hydrogens (tertiary/aromatic N) is 3. The fourth-order valence-electron chi connectivity index (χ4n) is 2.16. The van der Waals surface area contributed by atoms with Gasteiger partial charge in [-0.25, -0.2) is 0 Å². The van der Waals surface area contributed by atoms with Crippen LogP contribution in [0.15, 0.2) is 36.8 Å². The molecule has 4 heteroatoms. The van der Waals surface area contributed by atoms with Crippen LogP contribution in [0.1, 0.15) is 12.5 Å². The number of nitriles is 1. The van der Waals surface area contributed by atoms with Crippen molar-refractivity contribution in [1.29, 1.82) is 5.26 Å². The molecule has 18 heavy (non-hydrogen) atoms. The Labute approximate surface area is 104 Å². The van der Waals surface area contributed by atoms with Gasteiger partial charge in [-0.1, -0.05) is 12.1 Å². The normalized spacial score (nSPS) is 10.7. The van der Waals surface area contributed by atoms with Gasteiger partial charge in [-0.2, -0.15) is 10.4 Å². The Balaban J connectivity index is 2.22. The molecule has 3 aromatic rings. The van der Waals surface area contributed by atoms with Crippen LogP contribution in [0, 0.1) is 11.3 Å². The SMILES string of the molecule is CCn1cc(-c2c[nH]c3c(C#N)cccc23)cn1. The van der Waals surface area contributed by atoms with Crippen LogP contribution in [-0.2, 0) is 6.54 Å². The number of hydrogen-bond donors (Lipinski definition) is 1. The predicted molar refractivity (Wildman–Crippen MR) is 69.9 cm³/mol. The molecule has 0 saturated heterocycles. The second-order valence-electron chi connectivity index (χ2n) is 4.13. The molecule has 0 amide bonds. The van der Waals surface area contributed by atoms with E-state index in [2.05, 4.69) is 23.1 Å². The minimum atomic E-state index is 0.668. The van der Waals surface area contributed by atoms with Crippen LogP contribution in [0.5, 0.6) is 0 Å². The predicted octanol–water partition coefficient (Wildman–Crippen LogP) is 2.92. The number of nitrogens with one attached hydrogen (secondary N) is 1. The maximum atomic E-state index is 9.07. The van der Waals surface area contributed by atoms with Crippen molar-refractivity contribution in [1.82, 2.24) is 14.8 Å². The molecule has 0 saturated carbocycles. The highest BCUT2D eigenvalue weighted by Crippen LogP contribution is 2.29. The van der Waals surface area contributed by atoms with Crippen LogP contribution in [0.3, 0.4) is 0 Å². The maximum absolute atomic E-state index is 9.07. The molecule has 2 heterocycles. The second kappa shape index (κ2) is 4.04. The van der Waals surface area contributed by atoms with Gasteiger partial charge < -0.3 is 4.98 Å². The number of fused-ring (bicyclic) bond motifs is 1. The molecule has 0 aliphatic carbocycles. The third-order valence-electron chi connectivity index (χ3n) is 3.10. The quantitative estimate of drug-likeness (QED) is 0.743. The number of hydrogen-bond acceptors (Lipinski definition) is 2. The van der Waals surface area contributed by atoms with Crippen LogP contribution in [0.4, 0.5) is 0 Å². The first-order chi connectivity index (χ1) is 8.83. The molecule has 0 unspecified atom stereocenters. The molecule has 88 valence electrons. The van der Waals surface area contributed by atoms with Crippen molar-refractivity contribution in [3.05, 3.63) is 42.4 Å². The van der Waals surface area contributed by atoms with Crippen LogP contribution < -0.4 is 0 Å². The van der Waals surface area contributed by atoms with Gasteiger partial charge in [0.15, 0.2) is 0 Å². The molecule has 3 rings (SSSR count). The molecule has 0 bridgehead atoms. The number of H-pyrrole nitrogens is 1. The Morgan fingerprint density at radius 2 is 2.33 bits per heavy atom. The van der Waals surface area contributed by atoms with E-state index in [9.17, 15) is 0 Å². The highest BCUT2D eigenvalue weighted by Gasteiger charge is 2.10. The zero-order valence-electron chi connectivity index (χ0n) is 10.0. The minimum absolute atomic E-state index is 0.668. The molecule has 0 atom stereocenters. The van der Waals surface area contributed by atoms with E-state index in [4.69, 9.17) is 5.26 Å². The van der Waals surface area contributed by atoms with Gasteiger partial charge in [0.1, 0.15) is 6.07 Å². The first-order valence-electron chi connectivity index (χ1n) is 5.86. The van der Waals surface area contributed by atoms with Crippen LogP contribution in [0.25, 0.3) is 22.0 Å². The maximum Gasteiger partial charge on any atom is 0.101 e. The number of aromatic amines is 1. The van der Waals surface area contributed by atoms with Crippen molar-refractivity contribution >= 4 is 10.9 Å². The van der Waals surface area contributed by atoms with E-state index in [0.717, 1.165) is 28.6 Å². The van der Waals surface area contributed by atoms with E-state index in [1.165, 1.54) is 0 Å². The molecule has 0 radical (unpaired) electrons. The summed E-state index contributed by atoms with van der Waals surface area (Å²) in [6.45, 7) is 2.91. The summed E-state index contributed by atoms with van der Waals surface area (Å²) in [6, 6.07) is 7.94. The van der Waals surface area contributed by atoms with Crippen molar-refractivity contribution in [3.63, 3.8) is 0 Å². The zero-order chi connectivity index (χ0) is 12.5. The molecule has 0 spiro atoms. The molecule has 1 aromatic carbocycles. The van der Waals surface area contributed by atoms with Gasteiger partial charge in [-0.15, -0.1) is 0 Å². The number of benzene rings is 1. The largest absolute Gasteiger partial charge is 0.359 e. The summed E-state index contributed by atoms with van der Waals surface area (Å²) in [5.41, 5.74) is 3.71. The van der Waals surface area contributed by atoms with Crippen molar-refractivity contribution in [2.45, 2.75) is 13.5 Å². The molecular weight excluding hydrogens is 224 g/mol. The van der Waals surface area contributed by atoms with Crippen molar-refractivity contribution < 1.29 is 0 Å². The number of aryl methyl sites for hydroxylation is 1. The topological polar surface area (TPSA) is 57.4 Å². The standard InChI is InChI=1S/C14H12N4/c1-2-18-9-11(7-17-18)13-8-16-14-10(6-15)4-3-5-12(13)14/h3-5,7-9,16H,2H2,1H3. The first kappa shape index (κ1) is 10.6.